The average molecular weight is 473 g/mol. The van der Waals surface area contributed by atoms with Crippen LogP contribution < -0.4 is 15.6 Å². The predicted octanol–water partition coefficient (Wildman–Crippen LogP) is 4.82. The molecule has 7 nitrogen and oxygen atoms in total. The number of thiazole rings is 1. The van der Waals surface area contributed by atoms with Gasteiger partial charge in [-0.1, -0.05) is 12.8 Å². The summed E-state index contributed by atoms with van der Waals surface area (Å²) in [5.74, 6) is 1.49. The zero-order valence-electron chi connectivity index (χ0n) is 18.7. The Kier molecular flexibility index (Phi) is 5.37. The molecule has 1 N–H and O–H groups in total. The number of nitrogens with one attached hydrogen (secondary N) is 1. The molecule has 0 fully saturated rings. The molecule has 4 aromatic rings. The third-order valence-corrected chi connectivity index (χ3v) is 7.30. The molecule has 0 aliphatic carbocycles. The largest absolute Gasteiger partial charge is 0.493 e. The number of rotatable bonds is 3. The number of fused-ring (bicyclic) bond motifs is 3. The molecule has 34 heavy (non-hydrogen) atoms. The molecule has 8 heteroatoms. The summed E-state index contributed by atoms with van der Waals surface area (Å²) in [4.78, 5) is 35.3. The van der Waals surface area contributed by atoms with Gasteiger partial charge in [0.25, 0.3) is 11.5 Å². The quantitative estimate of drug-likeness (QED) is 0.462. The minimum atomic E-state index is -0.265. The topological polar surface area (TPSA) is 86.1 Å². The standard InChI is InChI=1S/C26H24N4O3S/c31-24(29-26-28-21(15-34-26)16-7-9-22-17(13-16)10-12-33-22)18-6-8-19-20(14-18)27-23-5-3-1-2-4-11-30(23)25(19)32/h6-9,13-15H,1-5,10-12H2,(H,28,29,31). The molecule has 172 valence electrons. The number of hydrogen-bond donors (Lipinski definition) is 1. The van der Waals surface area contributed by atoms with Crippen LogP contribution in [0.3, 0.4) is 0 Å². The van der Waals surface area contributed by atoms with Crippen molar-refractivity contribution in [3.63, 3.8) is 0 Å². The number of carbonyl (C=O) groups is 1. The summed E-state index contributed by atoms with van der Waals surface area (Å²) >= 11 is 1.39. The van der Waals surface area contributed by atoms with E-state index in [2.05, 4.69) is 16.4 Å². The number of aryl methyl sites for hydroxylation is 1. The molecular formula is C26H24N4O3S. The fraction of sp³-hybridized carbons (Fsp3) is 0.308. The molecule has 4 heterocycles. The Morgan fingerprint density at radius 1 is 1.03 bits per heavy atom. The van der Waals surface area contributed by atoms with Gasteiger partial charge in [0.15, 0.2) is 5.13 Å². The molecule has 2 aliphatic heterocycles. The van der Waals surface area contributed by atoms with Crippen molar-refractivity contribution in [3.8, 4) is 17.0 Å². The number of aromatic nitrogens is 3. The van der Waals surface area contributed by atoms with Crippen molar-refractivity contribution in [2.24, 2.45) is 0 Å². The second kappa shape index (κ2) is 8.68. The van der Waals surface area contributed by atoms with Crippen LogP contribution in [0, 0.1) is 0 Å². The summed E-state index contributed by atoms with van der Waals surface area (Å²) in [6, 6.07) is 11.2. The summed E-state index contributed by atoms with van der Waals surface area (Å²) in [5, 5.41) is 5.92. The lowest BCUT2D eigenvalue weighted by Gasteiger charge is -2.16. The molecule has 1 amide bonds. The normalized spacial score (nSPS) is 15.2. The van der Waals surface area contributed by atoms with Crippen LogP contribution in [0.4, 0.5) is 5.13 Å². The van der Waals surface area contributed by atoms with Crippen LogP contribution in [-0.4, -0.2) is 27.0 Å². The Hall–Kier alpha value is -3.52. The van der Waals surface area contributed by atoms with E-state index >= 15 is 0 Å². The molecule has 0 saturated heterocycles. The highest BCUT2D eigenvalue weighted by Crippen LogP contribution is 2.32. The van der Waals surface area contributed by atoms with Crippen LogP contribution in [0.1, 0.15) is 47.4 Å². The number of ether oxygens (including phenoxy) is 1. The van der Waals surface area contributed by atoms with Gasteiger partial charge in [-0.25, -0.2) is 9.97 Å². The second-order valence-corrected chi connectivity index (χ2v) is 9.65. The number of carbonyl (C=O) groups excluding carboxylic acids is 1. The summed E-state index contributed by atoms with van der Waals surface area (Å²) in [7, 11) is 0. The first kappa shape index (κ1) is 21.0. The van der Waals surface area contributed by atoms with Gasteiger partial charge >= 0.3 is 0 Å². The van der Waals surface area contributed by atoms with Gasteiger partial charge in [-0.15, -0.1) is 11.3 Å². The highest BCUT2D eigenvalue weighted by molar-refractivity contribution is 7.14. The minimum Gasteiger partial charge on any atom is -0.493 e. The first-order valence-electron chi connectivity index (χ1n) is 11.7. The van der Waals surface area contributed by atoms with E-state index in [9.17, 15) is 9.59 Å². The van der Waals surface area contributed by atoms with Crippen LogP contribution in [0.2, 0.25) is 0 Å². The van der Waals surface area contributed by atoms with E-state index in [-0.39, 0.29) is 11.5 Å². The van der Waals surface area contributed by atoms with Gasteiger partial charge < -0.3 is 4.74 Å². The number of hydrogen-bond acceptors (Lipinski definition) is 6. The maximum atomic E-state index is 13.0. The first-order chi connectivity index (χ1) is 16.7. The third-order valence-electron chi connectivity index (χ3n) is 6.54. The maximum Gasteiger partial charge on any atom is 0.261 e. The maximum absolute atomic E-state index is 13.0. The molecule has 0 saturated carbocycles. The lowest BCUT2D eigenvalue weighted by atomic mass is 10.1. The summed E-state index contributed by atoms with van der Waals surface area (Å²) < 4.78 is 7.38. The van der Waals surface area contributed by atoms with E-state index < -0.39 is 0 Å². The van der Waals surface area contributed by atoms with Gasteiger partial charge in [0.2, 0.25) is 0 Å². The van der Waals surface area contributed by atoms with E-state index in [4.69, 9.17) is 9.72 Å². The Morgan fingerprint density at radius 3 is 2.88 bits per heavy atom. The number of benzene rings is 2. The smallest absolute Gasteiger partial charge is 0.261 e. The molecular weight excluding hydrogens is 448 g/mol. The molecule has 2 aromatic carbocycles. The summed E-state index contributed by atoms with van der Waals surface area (Å²) in [5.41, 5.74) is 4.03. The molecule has 0 unspecified atom stereocenters. The van der Waals surface area contributed by atoms with Gasteiger partial charge in [0.1, 0.15) is 11.6 Å². The van der Waals surface area contributed by atoms with Gasteiger partial charge in [-0.05, 0) is 54.8 Å². The average Bonchev–Trinajstić information content (AvgIpc) is 3.49. The van der Waals surface area contributed by atoms with Crippen LogP contribution >= 0.6 is 11.3 Å². The van der Waals surface area contributed by atoms with Crippen molar-refractivity contribution >= 4 is 33.3 Å². The highest BCUT2D eigenvalue weighted by atomic mass is 32.1. The van der Waals surface area contributed by atoms with Crippen LogP contribution in [-0.2, 0) is 19.4 Å². The zero-order valence-corrected chi connectivity index (χ0v) is 19.5. The van der Waals surface area contributed by atoms with Crippen molar-refractivity contribution < 1.29 is 9.53 Å². The number of amides is 1. The third kappa shape index (κ3) is 3.88. The van der Waals surface area contributed by atoms with Crippen molar-refractivity contribution in [1.82, 2.24) is 14.5 Å². The predicted molar refractivity (Wildman–Crippen MR) is 133 cm³/mol. The molecule has 0 radical (unpaired) electrons. The van der Waals surface area contributed by atoms with Gasteiger partial charge in [0, 0.05) is 35.9 Å². The van der Waals surface area contributed by atoms with Crippen molar-refractivity contribution in [2.75, 3.05) is 11.9 Å². The Bertz CT molecular complexity index is 1470. The fourth-order valence-corrected chi connectivity index (χ4v) is 5.43. The van der Waals surface area contributed by atoms with E-state index in [0.29, 0.717) is 34.7 Å². The summed E-state index contributed by atoms with van der Waals surface area (Å²) in [6.45, 7) is 1.43. The molecule has 2 aromatic heterocycles. The van der Waals surface area contributed by atoms with Gasteiger partial charge in [-0.2, -0.15) is 0 Å². The Morgan fingerprint density at radius 2 is 1.94 bits per heavy atom. The number of nitrogens with zero attached hydrogens (tertiary/aromatic N) is 3. The van der Waals surface area contributed by atoms with Crippen molar-refractivity contribution in [1.29, 1.82) is 0 Å². The van der Waals surface area contributed by atoms with Crippen LogP contribution in [0.5, 0.6) is 5.75 Å². The first-order valence-corrected chi connectivity index (χ1v) is 12.6. The monoisotopic (exact) mass is 472 g/mol. The van der Waals surface area contributed by atoms with Crippen molar-refractivity contribution in [3.05, 3.63) is 69.1 Å². The fourth-order valence-electron chi connectivity index (χ4n) is 4.72. The van der Waals surface area contributed by atoms with Crippen molar-refractivity contribution in [2.45, 2.75) is 45.1 Å². The molecule has 0 bridgehead atoms. The molecule has 0 spiro atoms. The van der Waals surface area contributed by atoms with E-state index in [1.165, 1.54) is 16.9 Å². The van der Waals surface area contributed by atoms with Gasteiger partial charge in [-0.3, -0.25) is 19.5 Å². The van der Waals surface area contributed by atoms with E-state index in [1.54, 1.807) is 18.2 Å². The SMILES string of the molecule is O=C(Nc1nc(-c2ccc3c(c2)CCO3)cs1)c1ccc2c(=O)n3c(nc2c1)CCCCCC3. The molecule has 2 aliphatic rings. The second-order valence-electron chi connectivity index (χ2n) is 8.79. The lowest BCUT2D eigenvalue weighted by molar-refractivity contribution is 0.102. The number of anilines is 1. The summed E-state index contributed by atoms with van der Waals surface area (Å²) in [6.07, 6.45) is 6.02. The van der Waals surface area contributed by atoms with Gasteiger partial charge in [0.05, 0.1) is 23.2 Å². The minimum absolute atomic E-state index is 0.0156. The molecule has 6 rings (SSSR count). The lowest BCUT2D eigenvalue weighted by Crippen LogP contribution is -2.26. The molecule has 0 atom stereocenters. The highest BCUT2D eigenvalue weighted by Gasteiger charge is 2.17. The van der Waals surface area contributed by atoms with E-state index in [1.807, 2.05) is 22.1 Å². The van der Waals surface area contributed by atoms with Crippen LogP contribution in [0.15, 0.2) is 46.6 Å². The zero-order chi connectivity index (χ0) is 23.1. The Labute approximate surface area is 200 Å². The van der Waals surface area contributed by atoms with E-state index in [0.717, 1.165) is 61.4 Å². The Balaban J connectivity index is 1.25. The van der Waals surface area contributed by atoms with Crippen LogP contribution in [0.25, 0.3) is 22.2 Å².